The molecule has 40 heavy (non-hydrogen) atoms. The third kappa shape index (κ3) is 4.59. The van der Waals surface area contributed by atoms with E-state index in [0.717, 1.165) is 61.0 Å². The molecule has 1 heterocycles. The van der Waals surface area contributed by atoms with E-state index in [9.17, 15) is 0 Å². The first-order valence-electron chi connectivity index (χ1n) is 13.4. The molecule has 0 saturated heterocycles. The highest BCUT2D eigenvalue weighted by molar-refractivity contribution is 6.18. The predicted octanol–water partition coefficient (Wildman–Crippen LogP) is 10.1. The molecule has 6 rings (SSSR count). The molecular formula is C37H29N3. The van der Waals surface area contributed by atoms with Crippen molar-refractivity contribution in [2.75, 3.05) is 4.90 Å². The number of aromatic nitrogens is 1. The quantitative estimate of drug-likeness (QED) is 0.120. The highest BCUT2D eigenvalue weighted by Gasteiger charge is 2.19. The largest absolute Gasteiger partial charge is 0.311 e. The summed E-state index contributed by atoms with van der Waals surface area (Å²) in [4.78, 5) is 11.3. The summed E-state index contributed by atoms with van der Waals surface area (Å²) >= 11 is 0. The Morgan fingerprint density at radius 1 is 0.675 bits per heavy atom. The average molecular weight is 516 g/mol. The normalized spacial score (nSPS) is 11.8. The lowest BCUT2D eigenvalue weighted by molar-refractivity contribution is 1.28. The van der Waals surface area contributed by atoms with Crippen LogP contribution in [0, 0.1) is 0 Å². The standard InChI is InChI=1S/C37H29N3/c1-3-13-28(26-38-2)36-34-20-12-25-39-37(34)33-19-11-10-18-32(33)35(36)27-21-23-31(24-22-27)40(29-14-6-4-7-15-29)30-16-8-5-9-17-30/h3-26H,2H2,1H3/b13-3-,28-26+. The highest BCUT2D eigenvalue weighted by Crippen LogP contribution is 2.43. The average Bonchev–Trinajstić information content (AvgIpc) is 3.02. The van der Waals surface area contributed by atoms with Crippen LogP contribution in [0.15, 0.2) is 151 Å². The molecule has 0 amide bonds. The third-order valence-corrected chi connectivity index (χ3v) is 7.09. The number of allylic oxidation sites excluding steroid dienone is 3. The summed E-state index contributed by atoms with van der Waals surface area (Å²) in [6, 6.07) is 42.4. The van der Waals surface area contributed by atoms with Crippen molar-refractivity contribution in [3.05, 3.63) is 151 Å². The van der Waals surface area contributed by atoms with Gasteiger partial charge in [0.1, 0.15) is 0 Å². The molecule has 0 atom stereocenters. The van der Waals surface area contributed by atoms with Gasteiger partial charge in [-0.25, -0.2) is 0 Å². The fourth-order valence-corrected chi connectivity index (χ4v) is 5.45. The second-order valence-electron chi connectivity index (χ2n) is 9.52. The van der Waals surface area contributed by atoms with Crippen molar-refractivity contribution in [3.63, 3.8) is 0 Å². The van der Waals surface area contributed by atoms with Crippen LogP contribution >= 0.6 is 0 Å². The minimum Gasteiger partial charge on any atom is -0.311 e. The lowest BCUT2D eigenvalue weighted by Crippen LogP contribution is -2.09. The maximum absolute atomic E-state index is 4.81. The Morgan fingerprint density at radius 3 is 1.88 bits per heavy atom. The Balaban J connectivity index is 1.61. The molecule has 0 aliphatic rings. The predicted molar refractivity (Wildman–Crippen MR) is 172 cm³/mol. The molecule has 5 aromatic carbocycles. The van der Waals surface area contributed by atoms with E-state index < -0.39 is 0 Å². The number of pyridine rings is 1. The van der Waals surface area contributed by atoms with Crippen LogP contribution in [-0.4, -0.2) is 11.7 Å². The van der Waals surface area contributed by atoms with Crippen LogP contribution in [0.1, 0.15) is 12.5 Å². The molecule has 3 nitrogen and oxygen atoms in total. The first-order chi connectivity index (χ1) is 19.8. The fourth-order valence-electron chi connectivity index (χ4n) is 5.45. The zero-order chi connectivity index (χ0) is 27.3. The molecule has 0 unspecified atom stereocenters. The van der Waals surface area contributed by atoms with E-state index >= 15 is 0 Å². The number of benzene rings is 5. The fraction of sp³-hybridized carbons (Fsp3) is 0.0270. The molecule has 0 bridgehead atoms. The van der Waals surface area contributed by atoms with Gasteiger partial charge >= 0.3 is 0 Å². The van der Waals surface area contributed by atoms with Gasteiger partial charge in [0.25, 0.3) is 0 Å². The minimum atomic E-state index is 0.979. The van der Waals surface area contributed by atoms with E-state index in [1.54, 1.807) is 0 Å². The van der Waals surface area contributed by atoms with Crippen molar-refractivity contribution < 1.29 is 0 Å². The van der Waals surface area contributed by atoms with Crippen LogP contribution in [0.5, 0.6) is 0 Å². The molecule has 0 aliphatic carbocycles. The third-order valence-electron chi connectivity index (χ3n) is 7.09. The van der Waals surface area contributed by atoms with Crippen LogP contribution in [0.4, 0.5) is 17.1 Å². The number of nitrogens with zero attached hydrogens (tertiary/aromatic N) is 3. The van der Waals surface area contributed by atoms with Gasteiger partial charge in [-0.15, -0.1) is 0 Å². The van der Waals surface area contributed by atoms with Crippen molar-refractivity contribution in [2.45, 2.75) is 6.92 Å². The maximum atomic E-state index is 4.81. The summed E-state index contributed by atoms with van der Waals surface area (Å²) in [5.41, 5.74) is 8.67. The summed E-state index contributed by atoms with van der Waals surface area (Å²) < 4.78 is 0. The first-order valence-corrected chi connectivity index (χ1v) is 13.4. The monoisotopic (exact) mass is 515 g/mol. The molecule has 0 N–H and O–H groups in total. The molecule has 192 valence electrons. The van der Waals surface area contributed by atoms with Crippen molar-refractivity contribution in [2.24, 2.45) is 4.99 Å². The maximum Gasteiger partial charge on any atom is 0.0786 e. The molecule has 0 radical (unpaired) electrons. The van der Waals surface area contributed by atoms with Gasteiger partial charge in [-0.05, 0) is 72.6 Å². The first kappa shape index (κ1) is 25.0. The van der Waals surface area contributed by atoms with Gasteiger partial charge in [-0.2, -0.15) is 0 Å². The van der Waals surface area contributed by atoms with E-state index in [1.165, 1.54) is 0 Å². The topological polar surface area (TPSA) is 28.5 Å². The number of anilines is 3. The van der Waals surface area contributed by atoms with Gasteiger partial charge in [-0.3, -0.25) is 9.98 Å². The van der Waals surface area contributed by atoms with Gasteiger partial charge < -0.3 is 4.90 Å². The van der Waals surface area contributed by atoms with Crippen molar-refractivity contribution >= 4 is 51.0 Å². The van der Waals surface area contributed by atoms with Crippen molar-refractivity contribution in [1.29, 1.82) is 0 Å². The SMILES string of the molecule is C=N/C=C(\C=C/C)c1c(-c2ccc(N(c3ccccc3)c3ccccc3)cc2)c2ccccc2c2ncccc12. The number of para-hydroxylation sites is 2. The molecule has 3 heteroatoms. The smallest absolute Gasteiger partial charge is 0.0786 e. The van der Waals surface area contributed by atoms with Crippen LogP contribution in [0.2, 0.25) is 0 Å². The summed E-state index contributed by atoms with van der Waals surface area (Å²) in [6.07, 6.45) is 7.83. The van der Waals surface area contributed by atoms with Gasteiger partial charge in [0, 0.05) is 51.4 Å². The van der Waals surface area contributed by atoms with Gasteiger partial charge in [0.05, 0.1) is 5.52 Å². The Morgan fingerprint density at radius 2 is 1.25 bits per heavy atom. The minimum absolute atomic E-state index is 0.979. The number of hydrogen-bond acceptors (Lipinski definition) is 3. The highest BCUT2D eigenvalue weighted by atomic mass is 15.1. The Kier molecular flexibility index (Phi) is 7.02. The van der Waals surface area contributed by atoms with E-state index in [4.69, 9.17) is 4.98 Å². The molecule has 0 spiro atoms. The van der Waals surface area contributed by atoms with Crippen molar-refractivity contribution in [1.82, 2.24) is 4.98 Å². The second kappa shape index (κ2) is 11.2. The van der Waals surface area contributed by atoms with E-state index in [1.807, 2.05) is 43.6 Å². The van der Waals surface area contributed by atoms with E-state index in [0.29, 0.717) is 0 Å². The molecular weight excluding hydrogens is 486 g/mol. The molecule has 0 saturated carbocycles. The van der Waals surface area contributed by atoms with Gasteiger partial charge in [0.2, 0.25) is 0 Å². The van der Waals surface area contributed by atoms with Gasteiger partial charge in [0.15, 0.2) is 0 Å². The van der Waals surface area contributed by atoms with Gasteiger partial charge in [-0.1, -0.05) is 91.0 Å². The Bertz CT molecular complexity index is 1810. The molecule has 6 aromatic rings. The summed E-state index contributed by atoms with van der Waals surface area (Å²) in [7, 11) is 0. The van der Waals surface area contributed by atoms with E-state index in [-0.39, 0.29) is 0 Å². The van der Waals surface area contributed by atoms with Crippen LogP contribution in [0.3, 0.4) is 0 Å². The molecule has 0 aliphatic heterocycles. The molecule has 1 aromatic heterocycles. The number of aliphatic imine (C=N–C) groups is 1. The zero-order valence-corrected chi connectivity index (χ0v) is 22.4. The summed E-state index contributed by atoms with van der Waals surface area (Å²) in [5, 5.41) is 3.37. The van der Waals surface area contributed by atoms with Crippen LogP contribution in [0.25, 0.3) is 38.4 Å². The zero-order valence-electron chi connectivity index (χ0n) is 22.4. The van der Waals surface area contributed by atoms with Crippen LogP contribution < -0.4 is 4.90 Å². The summed E-state index contributed by atoms with van der Waals surface area (Å²) in [5.74, 6) is 0. The van der Waals surface area contributed by atoms with E-state index in [2.05, 4.69) is 126 Å². The summed E-state index contributed by atoms with van der Waals surface area (Å²) in [6.45, 7) is 5.78. The Hall–Kier alpha value is -5.28. The van der Waals surface area contributed by atoms with Crippen molar-refractivity contribution in [3.8, 4) is 11.1 Å². The van der Waals surface area contributed by atoms with Crippen LogP contribution in [-0.2, 0) is 0 Å². The second-order valence-corrected chi connectivity index (χ2v) is 9.52. The number of hydrogen-bond donors (Lipinski definition) is 0. The lowest BCUT2D eigenvalue weighted by atomic mass is 9.86. The molecule has 0 fully saturated rings. The lowest BCUT2D eigenvalue weighted by Gasteiger charge is -2.26. The number of fused-ring (bicyclic) bond motifs is 3. The number of rotatable bonds is 7. The Labute approximate surface area is 235 Å².